The van der Waals surface area contributed by atoms with Gasteiger partial charge in [0.2, 0.25) is 0 Å². The van der Waals surface area contributed by atoms with Gasteiger partial charge in [0, 0.05) is 23.5 Å². The van der Waals surface area contributed by atoms with E-state index in [2.05, 4.69) is 26.6 Å². The smallest absolute Gasteiger partial charge is 0.171 e. The van der Waals surface area contributed by atoms with Crippen molar-refractivity contribution in [1.29, 1.82) is 5.26 Å². The second-order valence-electron chi connectivity index (χ2n) is 4.77. The normalized spacial score (nSPS) is 10.3. The molecule has 0 saturated carbocycles. The van der Waals surface area contributed by atoms with E-state index in [4.69, 9.17) is 0 Å². The number of aromatic nitrogens is 3. The monoisotopic (exact) mass is 275 g/mol. The maximum absolute atomic E-state index is 9.34. The van der Waals surface area contributed by atoms with Gasteiger partial charge in [-0.1, -0.05) is 12.1 Å². The summed E-state index contributed by atoms with van der Waals surface area (Å²) >= 11 is 0. The molecular weight excluding hydrogens is 262 g/mol. The van der Waals surface area contributed by atoms with Crippen LogP contribution in [0, 0.1) is 25.2 Å². The Morgan fingerprint density at radius 2 is 2.00 bits per heavy atom. The molecule has 1 aromatic carbocycles. The lowest BCUT2D eigenvalue weighted by atomic mass is 10.1. The number of nitrogens with one attached hydrogen (secondary N) is 1. The Bertz CT molecular complexity index is 859. The average Bonchev–Trinajstić information content (AvgIpc) is 2.52. The predicted molar refractivity (Wildman–Crippen MR) is 81.2 cm³/mol. The lowest BCUT2D eigenvalue weighted by molar-refractivity contribution is 0.961. The zero-order chi connectivity index (χ0) is 14.8. The molecule has 5 heteroatoms. The SMILES string of the molecule is Cc1nnc(Nc2cccc3ccncc23)c(C#N)c1C. The van der Waals surface area contributed by atoms with E-state index in [0.717, 1.165) is 27.7 Å². The Kier molecular flexibility index (Phi) is 3.20. The molecule has 3 aromatic rings. The molecule has 0 amide bonds. The fourth-order valence-electron chi connectivity index (χ4n) is 2.18. The first-order chi connectivity index (χ1) is 10.2. The van der Waals surface area contributed by atoms with Gasteiger partial charge >= 0.3 is 0 Å². The first kappa shape index (κ1) is 13.0. The average molecular weight is 275 g/mol. The van der Waals surface area contributed by atoms with Crippen molar-refractivity contribution >= 4 is 22.3 Å². The van der Waals surface area contributed by atoms with Crippen molar-refractivity contribution in [2.75, 3.05) is 5.32 Å². The van der Waals surface area contributed by atoms with E-state index in [9.17, 15) is 5.26 Å². The van der Waals surface area contributed by atoms with E-state index >= 15 is 0 Å². The third kappa shape index (κ3) is 2.28. The third-order valence-electron chi connectivity index (χ3n) is 3.50. The summed E-state index contributed by atoms with van der Waals surface area (Å²) in [6, 6.07) is 10.0. The minimum atomic E-state index is 0.469. The molecular formula is C16H13N5. The first-order valence-corrected chi connectivity index (χ1v) is 6.54. The quantitative estimate of drug-likeness (QED) is 0.777. The molecule has 2 heterocycles. The van der Waals surface area contributed by atoms with Crippen LogP contribution in [-0.2, 0) is 0 Å². The van der Waals surface area contributed by atoms with Crippen molar-refractivity contribution in [2.45, 2.75) is 13.8 Å². The lowest BCUT2D eigenvalue weighted by Crippen LogP contribution is -2.03. The molecule has 0 aliphatic carbocycles. The van der Waals surface area contributed by atoms with Crippen LogP contribution in [0.3, 0.4) is 0 Å². The Morgan fingerprint density at radius 3 is 2.81 bits per heavy atom. The van der Waals surface area contributed by atoms with Crippen LogP contribution >= 0.6 is 0 Å². The second kappa shape index (κ2) is 5.17. The Morgan fingerprint density at radius 1 is 1.14 bits per heavy atom. The van der Waals surface area contributed by atoms with Gasteiger partial charge in [0.1, 0.15) is 11.6 Å². The van der Waals surface area contributed by atoms with E-state index in [1.54, 1.807) is 12.4 Å². The number of pyridine rings is 1. The summed E-state index contributed by atoms with van der Waals surface area (Å²) in [5.41, 5.74) is 2.98. The first-order valence-electron chi connectivity index (χ1n) is 6.54. The summed E-state index contributed by atoms with van der Waals surface area (Å²) in [4.78, 5) is 4.15. The summed E-state index contributed by atoms with van der Waals surface area (Å²) in [7, 11) is 0. The van der Waals surface area contributed by atoms with Gasteiger partial charge < -0.3 is 5.32 Å². The molecule has 21 heavy (non-hydrogen) atoms. The molecule has 1 N–H and O–H groups in total. The minimum absolute atomic E-state index is 0.469. The van der Waals surface area contributed by atoms with Crippen molar-refractivity contribution in [2.24, 2.45) is 0 Å². The van der Waals surface area contributed by atoms with Crippen LogP contribution in [0.4, 0.5) is 11.5 Å². The van der Waals surface area contributed by atoms with Crippen molar-refractivity contribution in [3.63, 3.8) is 0 Å². The van der Waals surface area contributed by atoms with Gasteiger partial charge in [0.05, 0.1) is 5.69 Å². The summed E-state index contributed by atoms with van der Waals surface area (Å²) in [6.07, 6.45) is 3.54. The van der Waals surface area contributed by atoms with Crippen LogP contribution in [0.1, 0.15) is 16.8 Å². The lowest BCUT2D eigenvalue weighted by Gasteiger charge is -2.11. The number of anilines is 2. The van der Waals surface area contributed by atoms with Crippen molar-refractivity contribution in [1.82, 2.24) is 15.2 Å². The van der Waals surface area contributed by atoms with Gasteiger partial charge in [-0.15, -0.1) is 5.10 Å². The molecule has 5 nitrogen and oxygen atoms in total. The van der Waals surface area contributed by atoms with Crippen LogP contribution in [0.2, 0.25) is 0 Å². The van der Waals surface area contributed by atoms with Crippen molar-refractivity contribution < 1.29 is 0 Å². The predicted octanol–water partition coefficient (Wildman–Crippen LogP) is 3.26. The highest BCUT2D eigenvalue weighted by atomic mass is 15.2. The zero-order valence-electron chi connectivity index (χ0n) is 11.8. The number of benzene rings is 1. The van der Waals surface area contributed by atoms with Crippen LogP contribution < -0.4 is 5.32 Å². The summed E-state index contributed by atoms with van der Waals surface area (Å²) in [5.74, 6) is 0.469. The Balaban J connectivity index is 2.12. The molecule has 2 aromatic heterocycles. The standard InChI is InChI=1S/C16H13N5/c1-10-11(2)20-21-16(13(10)8-17)19-15-5-3-4-12-6-7-18-9-14(12)15/h3-7,9H,1-2H3,(H,19,21). The zero-order valence-corrected chi connectivity index (χ0v) is 11.8. The van der Waals surface area contributed by atoms with Gasteiger partial charge in [0.15, 0.2) is 5.82 Å². The van der Waals surface area contributed by atoms with Crippen LogP contribution in [0.15, 0.2) is 36.7 Å². The topological polar surface area (TPSA) is 74.5 Å². The number of fused-ring (bicyclic) bond motifs is 1. The molecule has 0 unspecified atom stereocenters. The number of nitriles is 1. The maximum atomic E-state index is 9.34. The van der Waals surface area contributed by atoms with Crippen molar-refractivity contribution in [3.05, 3.63) is 53.5 Å². The molecule has 0 saturated heterocycles. The molecule has 0 aliphatic rings. The fraction of sp³-hybridized carbons (Fsp3) is 0.125. The van der Waals surface area contributed by atoms with Gasteiger partial charge in [-0.05, 0) is 36.9 Å². The van der Waals surface area contributed by atoms with Crippen LogP contribution in [0.5, 0.6) is 0 Å². The molecule has 0 radical (unpaired) electrons. The van der Waals surface area contributed by atoms with E-state index in [1.807, 2.05) is 38.1 Å². The number of rotatable bonds is 2. The highest BCUT2D eigenvalue weighted by molar-refractivity contribution is 5.94. The molecule has 0 atom stereocenters. The molecule has 0 fully saturated rings. The van der Waals surface area contributed by atoms with E-state index in [-0.39, 0.29) is 0 Å². The maximum Gasteiger partial charge on any atom is 0.171 e. The summed E-state index contributed by atoms with van der Waals surface area (Å²) < 4.78 is 0. The number of nitrogens with zero attached hydrogens (tertiary/aromatic N) is 4. The van der Waals surface area contributed by atoms with Crippen LogP contribution in [0.25, 0.3) is 10.8 Å². The van der Waals surface area contributed by atoms with Gasteiger partial charge in [-0.25, -0.2) is 0 Å². The van der Waals surface area contributed by atoms with Crippen LogP contribution in [-0.4, -0.2) is 15.2 Å². The van der Waals surface area contributed by atoms with E-state index in [0.29, 0.717) is 11.4 Å². The number of aryl methyl sites for hydroxylation is 1. The largest absolute Gasteiger partial charge is 0.337 e. The second-order valence-corrected chi connectivity index (χ2v) is 4.77. The summed E-state index contributed by atoms with van der Waals surface area (Å²) in [5, 5.41) is 22.8. The summed E-state index contributed by atoms with van der Waals surface area (Å²) in [6.45, 7) is 3.72. The number of hydrogen-bond acceptors (Lipinski definition) is 5. The van der Waals surface area contributed by atoms with Gasteiger partial charge in [-0.3, -0.25) is 4.98 Å². The molecule has 3 rings (SSSR count). The molecule has 0 aliphatic heterocycles. The molecule has 102 valence electrons. The van der Waals surface area contributed by atoms with Crippen molar-refractivity contribution in [3.8, 4) is 6.07 Å². The molecule has 0 spiro atoms. The highest BCUT2D eigenvalue weighted by Gasteiger charge is 2.12. The Hall–Kier alpha value is -3.00. The van der Waals surface area contributed by atoms with Gasteiger partial charge in [0.25, 0.3) is 0 Å². The Labute approximate surface area is 122 Å². The number of hydrogen-bond donors (Lipinski definition) is 1. The van der Waals surface area contributed by atoms with E-state index in [1.165, 1.54) is 0 Å². The van der Waals surface area contributed by atoms with E-state index < -0.39 is 0 Å². The third-order valence-corrected chi connectivity index (χ3v) is 3.50. The minimum Gasteiger partial charge on any atom is -0.337 e. The molecule has 0 bridgehead atoms. The fourth-order valence-corrected chi connectivity index (χ4v) is 2.18. The highest BCUT2D eigenvalue weighted by Crippen LogP contribution is 2.27. The van der Waals surface area contributed by atoms with Gasteiger partial charge in [-0.2, -0.15) is 10.4 Å².